The molecule has 2 heterocycles. The molecule has 0 aromatic carbocycles. The van der Waals surface area contributed by atoms with Gasteiger partial charge in [0.2, 0.25) is 5.95 Å². The van der Waals surface area contributed by atoms with Gasteiger partial charge in [-0.25, -0.2) is 9.97 Å². The first-order chi connectivity index (χ1) is 8.22. The number of nitrogens with one attached hydrogen (secondary N) is 1. The van der Waals surface area contributed by atoms with Crippen molar-refractivity contribution in [3.63, 3.8) is 0 Å². The molecular weight excluding hydrogens is 331 g/mol. The summed E-state index contributed by atoms with van der Waals surface area (Å²) in [6.07, 6.45) is 4.22. The monoisotopic (exact) mass is 348 g/mol. The largest absolute Gasteiger partial charge is 0.395 e. The second kappa shape index (κ2) is 5.92. The molecule has 1 aliphatic heterocycles. The van der Waals surface area contributed by atoms with E-state index in [9.17, 15) is 0 Å². The molecule has 1 aliphatic rings. The van der Waals surface area contributed by atoms with Gasteiger partial charge in [-0.3, -0.25) is 4.90 Å². The van der Waals surface area contributed by atoms with Crippen molar-refractivity contribution in [1.82, 2.24) is 14.9 Å². The van der Waals surface area contributed by atoms with Crippen molar-refractivity contribution in [2.75, 3.05) is 32.1 Å². The fraction of sp³-hybridized carbons (Fsp3) is 0.636. The second-order valence-electron chi connectivity index (χ2n) is 4.22. The van der Waals surface area contributed by atoms with Crippen molar-refractivity contribution in [3.05, 3.63) is 15.5 Å². The number of hydrogen-bond donors (Lipinski definition) is 2. The smallest absolute Gasteiger partial charge is 0.223 e. The SMILES string of the molecule is CN1CCCC1c1nc(NCCO)ncc1I. The van der Waals surface area contributed by atoms with E-state index >= 15 is 0 Å². The van der Waals surface area contributed by atoms with E-state index in [1.165, 1.54) is 6.42 Å². The molecule has 6 heteroatoms. The van der Waals surface area contributed by atoms with E-state index in [0.29, 0.717) is 18.5 Å². The van der Waals surface area contributed by atoms with Crippen molar-refractivity contribution in [2.24, 2.45) is 0 Å². The van der Waals surface area contributed by atoms with Gasteiger partial charge in [0.05, 0.1) is 21.9 Å². The standard InChI is InChI=1S/C11H17IN4O/c1-16-5-2-3-9(16)10-8(12)7-14-11(15-10)13-4-6-17/h7,9,17H,2-6H2,1H3,(H,13,14,15). The van der Waals surface area contributed by atoms with Crippen molar-refractivity contribution in [2.45, 2.75) is 18.9 Å². The van der Waals surface area contributed by atoms with Crippen LogP contribution in [0.3, 0.4) is 0 Å². The Labute approximate surface area is 115 Å². The van der Waals surface area contributed by atoms with Crippen molar-refractivity contribution >= 4 is 28.5 Å². The van der Waals surface area contributed by atoms with Crippen LogP contribution in [0.25, 0.3) is 0 Å². The van der Waals surface area contributed by atoms with Crippen LogP contribution in [0.2, 0.25) is 0 Å². The molecule has 1 saturated heterocycles. The van der Waals surface area contributed by atoms with E-state index in [4.69, 9.17) is 5.11 Å². The van der Waals surface area contributed by atoms with Crippen LogP contribution < -0.4 is 5.32 Å². The molecule has 2 rings (SSSR count). The first-order valence-electron chi connectivity index (χ1n) is 5.80. The third-order valence-electron chi connectivity index (χ3n) is 3.00. The number of nitrogens with zero attached hydrogens (tertiary/aromatic N) is 3. The van der Waals surface area contributed by atoms with Gasteiger partial charge in [-0.1, -0.05) is 0 Å². The van der Waals surface area contributed by atoms with Crippen molar-refractivity contribution < 1.29 is 5.11 Å². The maximum atomic E-state index is 8.78. The highest BCUT2D eigenvalue weighted by atomic mass is 127. The minimum absolute atomic E-state index is 0.0913. The molecule has 1 unspecified atom stereocenters. The molecule has 17 heavy (non-hydrogen) atoms. The lowest BCUT2D eigenvalue weighted by Crippen LogP contribution is -2.20. The Hall–Kier alpha value is -0.470. The highest BCUT2D eigenvalue weighted by Gasteiger charge is 2.26. The summed E-state index contributed by atoms with van der Waals surface area (Å²) in [6.45, 7) is 1.71. The molecule has 0 amide bonds. The van der Waals surface area contributed by atoms with Crippen LogP contribution in [0.4, 0.5) is 5.95 Å². The topological polar surface area (TPSA) is 61.3 Å². The summed E-state index contributed by atoms with van der Waals surface area (Å²) < 4.78 is 1.11. The van der Waals surface area contributed by atoms with Crippen molar-refractivity contribution in [3.8, 4) is 0 Å². The molecular formula is C11H17IN4O. The number of likely N-dealkylation sites (tertiary alicyclic amines) is 1. The predicted octanol–water partition coefficient (Wildman–Crippen LogP) is 1.25. The van der Waals surface area contributed by atoms with Gasteiger partial charge in [0.15, 0.2) is 0 Å². The number of aliphatic hydroxyl groups is 1. The first kappa shape index (κ1) is 13.0. The predicted molar refractivity (Wildman–Crippen MR) is 74.9 cm³/mol. The Balaban J connectivity index is 2.19. The number of rotatable bonds is 4. The van der Waals surface area contributed by atoms with E-state index < -0.39 is 0 Å². The number of aromatic nitrogens is 2. The molecule has 1 aromatic heterocycles. The van der Waals surface area contributed by atoms with E-state index in [1.54, 1.807) is 0 Å². The molecule has 94 valence electrons. The van der Waals surface area contributed by atoms with Crippen LogP contribution >= 0.6 is 22.6 Å². The lowest BCUT2D eigenvalue weighted by atomic mass is 10.1. The van der Waals surface area contributed by atoms with Gasteiger partial charge in [0.1, 0.15) is 0 Å². The van der Waals surface area contributed by atoms with Crippen LogP contribution in [0.1, 0.15) is 24.6 Å². The average Bonchev–Trinajstić information content (AvgIpc) is 2.74. The van der Waals surface area contributed by atoms with Crippen LogP contribution in [0.5, 0.6) is 0 Å². The van der Waals surface area contributed by atoms with E-state index in [2.05, 4.69) is 49.8 Å². The van der Waals surface area contributed by atoms with E-state index in [1.807, 2.05) is 6.20 Å². The number of hydrogen-bond acceptors (Lipinski definition) is 5. The third-order valence-corrected chi connectivity index (χ3v) is 3.83. The average molecular weight is 348 g/mol. The molecule has 0 aliphatic carbocycles. The molecule has 1 atom stereocenters. The first-order valence-corrected chi connectivity index (χ1v) is 6.87. The summed E-state index contributed by atoms with van der Waals surface area (Å²) in [6, 6.07) is 0.402. The zero-order valence-corrected chi connectivity index (χ0v) is 12.0. The van der Waals surface area contributed by atoms with E-state index in [-0.39, 0.29) is 6.61 Å². The van der Waals surface area contributed by atoms with Crippen LogP contribution in [0.15, 0.2) is 6.20 Å². The maximum Gasteiger partial charge on any atom is 0.223 e. The van der Waals surface area contributed by atoms with Gasteiger partial charge in [-0.15, -0.1) is 0 Å². The summed E-state index contributed by atoms with van der Waals surface area (Å²) >= 11 is 2.29. The molecule has 0 spiro atoms. The summed E-state index contributed by atoms with van der Waals surface area (Å²) in [5.74, 6) is 0.606. The Morgan fingerprint density at radius 3 is 3.12 bits per heavy atom. The Morgan fingerprint density at radius 2 is 2.47 bits per heavy atom. The van der Waals surface area contributed by atoms with Crippen molar-refractivity contribution in [1.29, 1.82) is 0 Å². The highest BCUT2D eigenvalue weighted by molar-refractivity contribution is 14.1. The molecule has 1 aromatic rings. The fourth-order valence-corrected chi connectivity index (χ4v) is 2.74. The van der Waals surface area contributed by atoms with Gasteiger partial charge in [0.25, 0.3) is 0 Å². The lowest BCUT2D eigenvalue weighted by molar-refractivity contribution is 0.308. The minimum Gasteiger partial charge on any atom is -0.395 e. The van der Waals surface area contributed by atoms with Gasteiger partial charge < -0.3 is 10.4 Å². The summed E-state index contributed by atoms with van der Waals surface area (Å²) in [5.41, 5.74) is 1.10. The van der Waals surface area contributed by atoms with Crippen LogP contribution in [-0.4, -0.2) is 46.7 Å². The van der Waals surface area contributed by atoms with E-state index in [0.717, 1.165) is 22.2 Å². The van der Waals surface area contributed by atoms with Gasteiger partial charge >= 0.3 is 0 Å². The fourth-order valence-electron chi connectivity index (χ4n) is 2.12. The zero-order valence-electron chi connectivity index (χ0n) is 9.86. The van der Waals surface area contributed by atoms with Gasteiger partial charge in [-0.2, -0.15) is 0 Å². The second-order valence-corrected chi connectivity index (χ2v) is 5.38. The minimum atomic E-state index is 0.0913. The van der Waals surface area contributed by atoms with Gasteiger partial charge in [-0.05, 0) is 49.0 Å². The van der Waals surface area contributed by atoms with Crippen LogP contribution in [-0.2, 0) is 0 Å². The number of anilines is 1. The number of halogens is 1. The quantitative estimate of drug-likeness (QED) is 0.802. The molecule has 5 nitrogen and oxygen atoms in total. The summed E-state index contributed by atoms with van der Waals surface area (Å²) in [7, 11) is 2.14. The maximum absolute atomic E-state index is 8.78. The third kappa shape index (κ3) is 3.05. The van der Waals surface area contributed by atoms with Crippen LogP contribution in [0, 0.1) is 3.57 Å². The lowest BCUT2D eigenvalue weighted by Gasteiger charge is -2.20. The molecule has 0 radical (unpaired) electrons. The summed E-state index contributed by atoms with van der Waals surface area (Å²) in [5, 5.41) is 11.8. The molecule has 0 saturated carbocycles. The molecule has 0 bridgehead atoms. The molecule has 2 N–H and O–H groups in total. The Kier molecular flexibility index (Phi) is 4.52. The number of aliphatic hydroxyl groups excluding tert-OH is 1. The zero-order chi connectivity index (χ0) is 12.3. The normalized spacial score (nSPS) is 20.8. The molecule has 1 fully saturated rings. The van der Waals surface area contributed by atoms with Gasteiger partial charge in [0, 0.05) is 12.7 Å². The summed E-state index contributed by atoms with van der Waals surface area (Å²) in [4.78, 5) is 11.1. The highest BCUT2D eigenvalue weighted by Crippen LogP contribution is 2.31. The Bertz CT molecular complexity index is 388. The Morgan fingerprint density at radius 1 is 1.65 bits per heavy atom.